The first-order valence-corrected chi connectivity index (χ1v) is 7.56. The average Bonchev–Trinajstić information content (AvgIpc) is 2.57. The van der Waals surface area contributed by atoms with E-state index in [0.717, 1.165) is 29.2 Å². The second-order valence-electron chi connectivity index (χ2n) is 5.08. The zero-order valence-electron chi connectivity index (χ0n) is 13.5. The van der Waals surface area contributed by atoms with E-state index in [1.54, 1.807) is 31.4 Å². The Bertz CT molecular complexity index is 626. The van der Waals surface area contributed by atoms with Gasteiger partial charge in [0.25, 0.3) is 0 Å². The van der Waals surface area contributed by atoms with E-state index >= 15 is 0 Å². The summed E-state index contributed by atoms with van der Waals surface area (Å²) in [6.45, 7) is 3.12. The predicted molar refractivity (Wildman–Crippen MR) is 91.3 cm³/mol. The molecule has 5 heteroatoms. The molecule has 2 amide bonds. The molecule has 0 saturated carbocycles. The quantitative estimate of drug-likeness (QED) is 0.768. The van der Waals surface area contributed by atoms with Crippen LogP contribution in [0.4, 0.5) is 10.5 Å². The van der Waals surface area contributed by atoms with Gasteiger partial charge in [0, 0.05) is 12.2 Å². The fourth-order valence-electron chi connectivity index (χ4n) is 2.02. The topological polar surface area (TPSA) is 59.6 Å². The lowest BCUT2D eigenvalue weighted by molar-refractivity contribution is 0.250. The zero-order valence-corrected chi connectivity index (χ0v) is 13.5. The molecule has 0 aromatic heterocycles. The normalized spacial score (nSPS) is 10.0. The molecule has 0 aliphatic rings. The van der Waals surface area contributed by atoms with Crippen LogP contribution in [0, 0.1) is 6.92 Å². The van der Waals surface area contributed by atoms with Crippen LogP contribution in [0.2, 0.25) is 0 Å². The Morgan fingerprint density at radius 1 is 1.09 bits per heavy atom. The molecule has 0 spiro atoms. The number of aryl methyl sites for hydroxylation is 1. The van der Waals surface area contributed by atoms with Crippen LogP contribution in [0.15, 0.2) is 48.5 Å². The molecule has 0 unspecified atom stereocenters. The Kier molecular flexibility index (Phi) is 6.29. The number of para-hydroxylation sites is 1. The van der Waals surface area contributed by atoms with Crippen molar-refractivity contribution < 1.29 is 14.3 Å². The van der Waals surface area contributed by atoms with Gasteiger partial charge in [-0.3, -0.25) is 0 Å². The third-order valence-electron chi connectivity index (χ3n) is 3.31. The van der Waals surface area contributed by atoms with E-state index in [0.29, 0.717) is 13.2 Å². The van der Waals surface area contributed by atoms with Crippen molar-refractivity contribution in [3.63, 3.8) is 0 Å². The molecule has 2 rings (SSSR count). The van der Waals surface area contributed by atoms with E-state index < -0.39 is 0 Å². The Morgan fingerprint density at radius 3 is 2.52 bits per heavy atom. The lowest BCUT2D eigenvalue weighted by Crippen LogP contribution is -2.30. The first kappa shape index (κ1) is 16.7. The van der Waals surface area contributed by atoms with Crippen LogP contribution < -0.4 is 20.1 Å². The molecular weight excluding hydrogens is 292 g/mol. The molecule has 2 N–H and O–H groups in total. The second-order valence-corrected chi connectivity index (χ2v) is 5.08. The maximum Gasteiger partial charge on any atom is 0.319 e. The molecule has 0 saturated heterocycles. The number of nitrogens with one attached hydrogen (secondary N) is 2. The molecular formula is C18H22N2O3. The van der Waals surface area contributed by atoms with Crippen molar-refractivity contribution in [2.24, 2.45) is 0 Å². The summed E-state index contributed by atoms with van der Waals surface area (Å²) in [5.74, 6) is 1.64. The van der Waals surface area contributed by atoms with Crippen LogP contribution in [0.5, 0.6) is 11.5 Å². The van der Waals surface area contributed by atoms with Gasteiger partial charge in [-0.1, -0.05) is 18.2 Å². The van der Waals surface area contributed by atoms with Crippen LogP contribution in [-0.4, -0.2) is 26.3 Å². The molecule has 122 valence electrons. The van der Waals surface area contributed by atoms with Crippen LogP contribution in [-0.2, 0) is 0 Å². The molecule has 23 heavy (non-hydrogen) atoms. The molecule has 0 radical (unpaired) electrons. The summed E-state index contributed by atoms with van der Waals surface area (Å²) in [4.78, 5) is 11.8. The highest BCUT2D eigenvalue weighted by molar-refractivity contribution is 5.89. The zero-order chi connectivity index (χ0) is 16.5. The van der Waals surface area contributed by atoms with Gasteiger partial charge in [-0.05, 0) is 49.2 Å². The van der Waals surface area contributed by atoms with Gasteiger partial charge in [0.2, 0.25) is 0 Å². The van der Waals surface area contributed by atoms with Gasteiger partial charge in [0.05, 0.1) is 13.7 Å². The predicted octanol–water partition coefficient (Wildman–Crippen LogP) is 3.59. The van der Waals surface area contributed by atoms with Crippen LogP contribution in [0.25, 0.3) is 0 Å². The van der Waals surface area contributed by atoms with Crippen LogP contribution >= 0.6 is 0 Å². The van der Waals surface area contributed by atoms with Gasteiger partial charge in [-0.15, -0.1) is 0 Å². The number of anilines is 1. The SMILES string of the molecule is COc1ccc(NC(=O)NCCCOc2ccccc2C)cc1. The minimum Gasteiger partial charge on any atom is -0.497 e. The number of amides is 2. The van der Waals surface area contributed by atoms with Gasteiger partial charge in [-0.2, -0.15) is 0 Å². The van der Waals surface area contributed by atoms with Crippen molar-refractivity contribution in [3.05, 3.63) is 54.1 Å². The number of rotatable bonds is 7. The smallest absolute Gasteiger partial charge is 0.319 e. The number of methoxy groups -OCH3 is 1. The molecule has 5 nitrogen and oxygen atoms in total. The highest BCUT2D eigenvalue weighted by atomic mass is 16.5. The van der Waals surface area contributed by atoms with Crippen molar-refractivity contribution in [1.29, 1.82) is 0 Å². The van der Waals surface area contributed by atoms with E-state index in [1.165, 1.54) is 0 Å². The minimum atomic E-state index is -0.231. The van der Waals surface area contributed by atoms with E-state index in [9.17, 15) is 4.79 Å². The lowest BCUT2D eigenvalue weighted by atomic mass is 10.2. The largest absolute Gasteiger partial charge is 0.497 e. The molecule has 0 bridgehead atoms. The monoisotopic (exact) mass is 314 g/mol. The molecule has 2 aromatic carbocycles. The number of carbonyl (C=O) groups excluding carboxylic acids is 1. The van der Waals surface area contributed by atoms with Crippen molar-refractivity contribution >= 4 is 11.7 Å². The molecule has 0 atom stereocenters. The summed E-state index contributed by atoms with van der Waals surface area (Å²) >= 11 is 0. The van der Waals surface area contributed by atoms with Gasteiger partial charge in [0.15, 0.2) is 0 Å². The highest BCUT2D eigenvalue weighted by Gasteiger charge is 2.02. The third kappa shape index (κ3) is 5.54. The highest BCUT2D eigenvalue weighted by Crippen LogP contribution is 2.16. The van der Waals surface area contributed by atoms with Crippen molar-refractivity contribution in [3.8, 4) is 11.5 Å². The number of carbonyl (C=O) groups is 1. The van der Waals surface area contributed by atoms with Gasteiger partial charge in [-0.25, -0.2) is 4.79 Å². The molecule has 0 aliphatic heterocycles. The summed E-state index contributed by atoms with van der Waals surface area (Å²) in [6, 6.07) is 14.8. The second kappa shape index (κ2) is 8.68. The maximum atomic E-state index is 11.8. The Labute approximate surface area is 136 Å². The first-order valence-electron chi connectivity index (χ1n) is 7.56. The summed E-state index contributed by atoms with van der Waals surface area (Å²) in [5, 5.41) is 5.56. The Hall–Kier alpha value is -2.69. The van der Waals surface area contributed by atoms with E-state index in [4.69, 9.17) is 9.47 Å². The average molecular weight is 314 g/mol. The number of urea groups is 1. The van der Waals surface area contributed by atoms with E-state index in [1.807, 2.05) is 31.2 Å². The molecule has 0 fully saturated rings. The first-order chi connectivity index (χ1) is 11.2. The van der Waals surface area contributed by atoms with Crippen LogP contribution in [0.3, 0.4) is 0 Å². The fraction of sp³-hybridized carbons (Fsp3) is 0.278. The Morgan fingerprint density at radius 2 is 1.83 bits per heavy atom. The summed E-state index contributed by atoms with van der Waals surface area (Å²) < 4.78 is 10.7. The van der Waals surface area contributed by atoms with Gasteiger partial charge >= 0.3 is 6.03 Å². The Balaban J connectivity index is 1.64. The van der Waals surface area contributed by atoms with Gasteiger partial charge in [0.1, 0.15) is 11.5 Å². The van der Waals surface area contributed by atoms with Crippen molar-refractivity contribution in [1.82, 2.24) is 5.32 Å². The molecule has 2 aromatic rings. The van der Waals surface area contributed by atoms with Crippen molar-refractivity contribution in [2.75, 3.05) is 25.6 Å². The number of hydrogen-bond donors (Lipinski definition) is 2. The summed E-state index contributed by atoms with van der Waals surface area (Å²) in [7, 11) is 1.61. The fourth-order valence-corrected chi connectivity index (χ4v) is 2.02. The maximum absolute atomic E-state index is 11.8. The standard InChI is InChI=1S/C18H22N2O3/c1-14-6-3-4-7-17(14)23-13-5-12-19-18(21)20-15-8-10-16(22-2)11-9-15/h3-4,6-11H,5,12-13H2,1-2H3,(H2,19,20,21). The lowest BCUT2D eigenvalue weighted by Gasteiger charge is -2.10. The minimum absolute atomic E-state index is 0.231. The number of hydrogen-bond acceptors (Lipinski definition) is 3. The third-order valence-corrected chi connectivity index (χ3v) is 3.31. The van der Waals surface area contributed by atoms with E-state index in [2.05, 4.69) is 10.6 Å². The summed E-state index contributed by atoms with van der Waals surface area (Å²) in [5.41, 5.74) is 1.83. The number of benzene rings is 2. The molecule has 0 aliphatic carbocycles. The molecule has 0 heterocycles. The van der Waals surface area contributed by atoms with Gasteiger partial charge < -0.3 is 20.1 Å². The number of ether oxygens (including phenoxy) is 2. The van der Waals surface area contributed by atoms with Crippen molar-refractivity contribution in [2.45, 2.75) is 13.3 Å². The van der Waals surface area contributed by atoms with E-state index in [-0.39, 0.29) is 6.03 Å². The van der Waals surface area contributed by atoms with Crippen LogP contribution in [0.1, 0.15) is 12.0 Å². The summed E-state index contributed by atoms with van der Waals surface area (Å²) in [6.07, 6.45) is 0.740.